The number of carbonyl (C=O) groups excluding carboxylic acids is 2. The molecule has 2 aromatic carbocycles. The summed E-state index contributed by atoms with van der Waals surface area (Å²) in [7, 11) is 0. The number of nitrogens with two attached hydrogens (primary N) is 2. The van der Waals surface area contributed by atoms with Crippen molar-refractivity contribution in [1.29, 1.82) is 0 Å². The van der Waals surface area contributed by atoms with Crippen molar-refractivity contribution in [2.75, 3.05) is 18.1 Å². The predicted molar refractivity (Wildman–Crippen MR) is 117 cm³/mol. The fraction of sp³-hybridized carbons (Fsp3) is 0.348. The molecule has 0 unspecified atom stereocenters. The zero-order chi connectivity index (χ0) is 22.4. The Morgan fingerprint density at radius 3 is 1.87 bits per heavy atom. The van der Waals surface area contributed by atoms with Crippen LogP contribution in [0.1, 0.15) is 66.2 Å². The Bertz CT molecular complexity index is 836. The molecule has 0 spiro atoms. The topological polar surface area (TPSA) is 133 Å². The van der Waals surface area contributed by atoms with Crippen molar-refractivity contribution >= 4 is 29.1 Å². The average Bonchev–Trinajstić information content (AvgIpc) is 2.73. The second-order valence-electron chi connectivity index (χ2n) is 6.76. The van der Waals surface area contributed by atoms with Crippen molar-refractivity contribution < 1.29 is 24.2 Å². The molecule has 0 fully saturated rings. The van der Waals surface area contributed by atoms with E-state index in [2.05, 4.69) is 6.92 Å². The standard InChI is InChI=1S/C16H23NO3.C7H7NO2/c1-2-3-4-5-6-9-13(18)12-20-16(19)14-10-7-8-11-15(14)17;8-6-4-2-1-3-5(6)7(9)10/h7-8,10-11H,2-6,9,12,17H2,1H3;1-4H,8H2,(H,9,10). The van der Waals surface area contributed by atoms with Gasteiger partial charge in [-0.05, 0) is 30.7 Å². The van der Waals surface area contributed by atoms with Gasteiger partial charge >= 0.3 is 11.9 Å². The molecule has 0 aliphatic carbocycles. The molecule has 0 bridgehead atoms. The minimum Gasteiger partial charge on any atom is -0.478 e. The lowest BCUT2D eigenvalue weighted by molar-refractivity contribution is -0.122. The largest absolute Gasteiger partial charge is 0.478 e. The molecular formula is C23H30N2O5. The lowest BCUT2D eigenvalue weighted by Crippen LogP contribution is -2.15. The number of carboxylic acids is 1. The normalized spacial score (nSPS) is 9.90. The number of carbonyl (C=O) groups is 3. The van der Waals surface area contributed by atoms with Crippen LogP contribution in [0.2, 0.25) is 0 Å². The van der Waals surface area contributed by atoms with Gasteiger partial charge in [0.25, 0.3) is 0 Å². The number of hydrogen-bond donors (Lipinski definition) is 3. The number of ketones is 1. The third kappa shape index (κ3) is 9.23. The maximum Gasteiger partial charge on any atom is 0.340 e. The van der Waals surface area contributed by atoms with E-state index in [1.165, 1.54) is 18.9 Å². The van der Waals surface area contributed by atoms with Crippen molar-refractivity contribution in [2.45, 2.75) is 45.4 Å². The number of ether oxygens (including phenoxy) is 1. The van der Waals surface area contributed by atoms with E-state index in [-0.39, 0.29) is 18.0 Å². The molecule has 0 aliphatic heterocycles. The van der Waals surface area contributed by atoms with E-state index in [9.17, 15) is 14.4 Å². The fourth-order valence-corrected chi connectivity index (χ4v) is 2.60. The number of unbranched alkanes of at least 4 members (excludes halogenated alkanes) is 4. The first-order chi connectivity index (χ1) is 14.4. The molecule has 0 aliphatic rings. The second-order valence-corrected chi connectivity index (χ2v) is 6.76. The molecule has 0 heterocycles. The summed E-state index contributed by atoms with van der Waals surface area (Å²) >= 11 is 0. The van der Waals surface area contributed by atoms with Gasteiger partial charge in [0.2, 0.25) is 0 Å². The summed E-state index contributed by atoms with van der Waals surface area (Å²) in [4.78, 5) is 33.7. The van der Waals surface area contributed by atoms with Crippen LogP contribution in [-0.4, -0.2) is 29.4 Å². The number of benzene rings is 2. The molecule has 7 nitrogen and oxygen atoms in total. The van der Waals surface area contributed by atoms with Gasteiger partial charge in [-0.25, -0.2) is 9.59 Å². The van der Waals surface area contributed by atoms with Gasteiger partial charge in [0, 0.05) is 17.8 Å². The smallest absolute Gasteiger partial charge is 0.340 e. The molecule has 30 heavy (non-hydrogen) atoms. The van der Waals surface area contributed by atoms with Crippen LogP contribution >= 0.6 is 0 Å². The number of nitrogen functional groups attached to an aromatic ring is 2. The second kappa shape index (κ2) is 13.8. The van der Waals surface area contributed by atoms with Crippen molar-refractivity contribution in [3.05, 3.63) is 59.7 Å². The highest BCUT2D eigenvalue weighted by molar-refractivity contribution is 5.96. The molecule has 0 saturated carbocycles. The molecule has 162 valence electrons. The van der Waals surface area contributed by atoms with Crippen LogP contribution in [0.3, 0.4) is 0 Å². The zero-order valence-corrected chi connectivity index (χ0v) is 17.3. The minimum absolute atomic E-state index is 0.0376. The highest BCUT2D eigenvalue weighted by Gasteiger charge is 2.12. The van der Waals surface area contributed by atoms with Gasteiger partial charge in [-0.15, -0.1) is 0 Å². The molecule has 2 aromatic rings. The van der Waals surface area contributed by atoms with Crippen LogP contribution in [0.5, 0.6) is 0 Å². The van der Waals surface area contributed by atoms with Crippen LogP contribution in [0.4, 0.5) is 11.4 Å². The predicted octanol–water partition coefficient (Wildman–Crippen LogP) is 4.32. The number of anilines is 2. The number of aromatic carboxylic acids is 1. The van der Waals surface area contributed by atoms with Gasteiger partial charge in [0.15, 0.2) is 5.78 Å². The molecule has 0 radical (unpaired) electrons. The fourth-order valence-electron chi connectivity index (χ4n) is 2.60. The van der Waals surface area contributed by atoms with E-state index in [1.54, 1.807) is 42.5 Å². The SMILES string of the molecule is CCCCCCCC(=O)COC(=O)c1ccccc1N.Nc1ccccc1C(=O)O. The lowest BCUT2D eigenvalue weighted by atomic mass is 10.1. The third-order valence-electron chi connectivity index (χ3n) is 4.30. The van der Waals surface area contributed by atoms with Crippen molar-refractivity contribution in [1.82, 2.24) is 0 Å². The quantitative estimate of drug-likeness (QED) is 0.299. The molecule has 0 saturated heterocycles. The van der Waals surface area contributed by atoms with Gasteiger partial charge in [0.05, 0.1) is 11.1 Å². The summed E-state index contributed by atoms with van der Waals surface area (Å²) in [6.07, 6.45) is 5.94. The summed E-state index contributed by atoms with van der Waals surface area (Å²) in [5.41, 5.74) is 12.1. The lowest BCUT2D eigenvalue weighted by Gasteiger charge is -2.06. The Hall–Kier alpha value is -3.35. The summed E-state index contributed by atoms with van der Waals surface area (Å²) in [5.74, 6) is -1.56. The minimum atomic E-state index is -0.988. The average molecular weight is 415 g/mol. The van der Waals surface area contributed by atoms with Crippen LogP contribution in [0.25, 0.3) is 0 Å². The van der Waals surface area contributed by atoms with Gasteiger partial charge in [-0.3, -0.25) is 4.79 Å². The summed E-state index contributed by atoms with van der Waals surface area (Å²) < 4.78 is 4.98. The zero-order valence-electron chi connectivity index (χ0n) is 17.3. The van der Waals surface area contributed by atoms with E-state index in [1.807, 2.05) is 0 Å². The van der Waals surface area contributed by atoms with Gasteiger partial charge < -0.3 is 21.3 Å². The first-order valence-electron chi connectivity index (χ1n) is 9.98. The van der Waals surface area contributed by atoms with Crippen molar-refractivity contribution in [3.8, 4) is 0 Å². The Labute approximate surface area is 177 Å². The molecule has 5 N–H and O–H groups in total. The summed E-state index contributed by atoms with van der Waals surface area (Å²) in [5, 5.41) is 8.49. The molecule has 0 aromatic heterocycles. The molecule has 0 amide bonds. The number of Topliss-reactive ketones (excluding diaryl/α,β-unsaturated/α-hetero) is 1. The van der Waals surface area contributed by atoms with Crippen LogP contribution in [0.15, 0.2) is 48.5 Å². The van der Waals surface area contributed by atoms with Crippen molar-refractivity contribution in [3.63, 3.8) is 0 Å². The van der Waals surface area contributed by atoms with Crippen molar-refractivity contribution in [2.24, 2.45) is 0 Å². The molecule has 7 heteroatoms. The summed E-state index contributed by atoms with van der Waals surface area (Å²) in [6, 6.07) is 13.0. The Morgan fingerprint density at radius 2 is 1.37 bits per heavy atom. The van der Waals surface area contributed by atoms with E-state index in [0.717, 1.165) is 19.3 Å². The van der Waals surface area contributed by atoms with E-state index in [0.29, 0.717) is 23.4 Å². The first-order valence-corrected chi connectivity index (χ1v) is 9.98. The Kier molecular flexibility index (Phi) is 11.3. The van der Waals surface area contributed by atoms with Gasteiger partial charge in [-0.2, -0.15) is 0 Å². The molecular weight excluding hydrogens is 384 g/mol. The maximum atomic E-state index is 11.7. The Balaban J connectivity index is 0.000000375. The Morgan fingerprint density at radius 1 is 0.833 bits per heavy atom. The summed E-state index contributed by atoms with van der Waals surface area (Å²) in [6.45, 7) is 1.99. The van der Waals surface area contributed by atoms with Crippen LogP contribution in [-0.2, 0) is 9.53 Å². The van der Waals surface area contributed by atoms with E-state index >= 15 is 0 Å². The van der Waals surface area contributed by atoms with E-state index in [4.69, 9.17) is 21.3 Å². The van der Waals surface area contributed by atoms with Crippen LogP contribution in [0, 0.1) is 0 Å². The van der Waals surface area contributed by atoms with Gasteiger partial charge in [-0.1, -0.05) is 56.9 Å². The first kappa shape index (κ1) is 24.7. The number of carboxylic acid groups (broad SMARTS) is 1. The monoisotopic (exact) mass is 414 g/mol. The van der Waals surface area contributed by atoms with Crippen LogP contribution < -0.4 is 11.5 Å². The number of para-hydroxylation sites is 2. The third-order valence-corrected chi connectivity index (χ3v) is 4.30. The van der Waals surface area contributed by atoms with Gasteiger partial charge in [0.1, 0.15) is 6.61 Å². The van der Waals surface area contributed by atoms with E-state index < -0.39 is 11.9 Å². The number of hydrogen-bond acceptors (Lipinski definition) is 6. The number of esters is 1. The molecule has 2 rings (SSSR count). The maximum absolute atomic E-state index is 11.7. The highest BCUT2D eigenvalue weighted by Crippen LogP contribution is 2.12. The molecule has 0 atom stereocenters. The number of rotatable bonds is 10. The highest BCUT2D eigenvalue weighted by atomic mass is 16.5.